The number of rotatable bonds is 8. The van der Waals surface area contributed by atoms with Gasteiger partial charge in [0.15, 0.2) is 11.9 Å². The van der Waals surface area contributed by atoms with Gasteiger partial charge in [-0.05, 0) is 26.0 Å². The van der Waals surface area contributed by atoms with Crippen molar-refractivity contribution in [3.05, 3.63) is 29.8 Å². The molecule has 0 aliphatic carbocycles. The van der Waals surface area contributed by atoms with Crippen molar-refractivity contribution in [3.8, 4) is 0 Å². The minimum Gasteiger partial charge on any atom is -0.452 e. The zero-order valence-electron chi connectivity index (χ0n) is 15.8. The van der Waals surface area contributed by atoms with E-state index in [1.54, 1.807) is 4.90 Å². The number of Topliss-reactive ketones (excluding diaryl/α,β-unsaturated/α-hetero) is 1. The average molecular weight is 412 g/mol. The summed E-state index contributed by atoms with van der Waals surface area (Å²) in [7, 11) is -3.87. The van der Waals surface area contributed by atoms with Crippen molar-refractivity contribution in [1.82, 2.24) is 9.62 Å². The summed E-state index contributed by atoms with van der Waals surface area (Å²) in [6, 6.07) is 5.62. The van der Waals surface area contributed by atoms with E-state index in [1.807, 2.05) is 0 Å². The summed E-state index contributed by atoms with van der Waals surface area (Å²) < 4.78 is 37.1. The topological polar surface area (TPSA) is 119 Å². The number of sulfonamides is 1. The molecule has 1 unspecified atom stereocenters. The Morgan fingerprint density at radius 1 is 1.25 bits per heavy atom. The molecule has 2 rings (SSSR count). The van der Waals surface area contributed by atoms with Gasteiger partial charge in [0.05, 0.1) is 24.5 Å². The normalized spacial score (nSPS) is 15.7. The molecule has 0 bridgehead atoms. The first-order valence-corrected chi connectivity index (χ1v) is 10.4. The van der Waals surface area contributed by atoms with Crippen LogP contribution in [0.2, 0.25) is 0 Å². The van der Waals surface area contributed by atoms with Crippen LogP contribution >= 0.6 is 0 Å². The lowest BCUT2D eigenvalue weighted by molar-refractivity contribution is -0.160. The Morgan fingerprint density at radius 2 is 1.93 bits per heavy atom. The molecule has 1 amide bonds. The highest BCUT2D eigenvalue weighted by Crippen LogP contribution is 2.12. The van der Waals surface area contributed by atoms with Gasteiger partial charge in [0, 0.05) is 25.2 Å². The average Bonchev–Trinajstić information content (AvgIpc) is 2.68. The van der Waals surface area contributed by atoms with Crippen LogP contribution in [0.4, 0.5) is 0 Å². The van der Waals surface area contributed by atoms with Crippen LogP contribution in [-0.2, 0) is 29.1 Å². The minimum atomic E-state index is -3.87. The summed E-state index contributed by atoms with van der Waals surface area (Å²) in [5.74, 6) is -1.24. The second-order valence-corrected chi connectivity index (χ2v) is 8.07. The standard InChI is InChI=1S/C18H24N2O7S/c1-13(21)15-4-3-5-16(12-15)28(24,25)19-7-6-17(22)27-14(2)18(23)20-8-10-26-11-9-20/h3-5,12,14,19H,6-11H2,1-2H3. The Labute approximate surface area is 164 Å². The first-order valence-electron chi connectivity index (χ1n) is 8.87. The zero-order valence-corrected chi connectivity index (χ0v) is 16.7. The quantitative estimate of drug-likeness (QED) is 0.483. The number of carbonyl (C=O) groups excluding carboxylic acids is 3. The Bertz CT molecular complexity index is 832. The van der Waals surface area contributed by atoms with Crippen LogP contribution in [0, 0.1) is 0 Å². The van der Waals surface area contributed by atoms with Crippen molar-refractivity contribution >= 4 is 27.7 Å². The van der Waals surface area contributed by atoms with Gasteiger partial charge < -0.3 is 14.4 Å². The number of morpholine rings is 1. The number of ether oxygens (including phenoxy) is 2. The molecular weight excluding hydrogens is 388 g/mol. The molecular formula is C18H24N2O7S. The molecule has 0 radical (unpaired) electrons. The largest absolute Gasteiger partial charge is 0.452 e. The number of hydrogen-bond acceptors (Lipinski definition) is 7. The molecule has 1 aliphatic heterocycles. The van der Waals surface area contributed by atoms with Gasteiger partial charge in [-0.25, -0.2) is 13.1 Å². The third-order valence-corrected chi connectivity index (χ3v) is 5.61. The summed E-state index contributed by atoms with van der Waals surface area (Å²) in [4.78, 5) is 37.0. The van der Waals surface area contributed by atoms with Crippen LogP contribution in [0.5, 0.6) is 0 Å². The smallest absolute Gasteiger partial charge is 0.307 e. The van der Waals surface area contributed by atoms with Crippen LogP contribution in [-0.4, -0.2) is 69.9 Å². The lowest BCUT2D eigenvalue weighted by atomic mass is 10.2. The van der Waals surface area contributed by atoms with E-state index in [1.165, 1.54) is 38.1 Å². The van der Waals surface area contributed by atoms with Gasteiger partial charge in [0.25, 0.3) is 5.91 Å². The fourth-order valence-corrected chi connectivity index (χ4v) is 3.68. The third kappa shape index (κ3) is 6.11. The monoisotopic (exact) mass is 412 g/mol. The molecule has 10 heteroatoms. The Morgan fingerprint density at radius 3 is 2.57 bits per heavy atom. The molecule has 1 aliphatic rings. The number of hydrogen-bond donors (Lipinski definition) is 1. The number of benzene rings is 1. The lowest BCUT2D eigenvalue weighted by Gasteiger charge is -2.28. The van der Waals surface area contributed by atoms with Gasteiger partial charge in [0.2, 0.25) is 10.0 Å². The van der Waals surface area contributed by atoms with Crippen molar-refractivity contribution in [2.75, 3.05) is 32.8 Å². The summed E-state index contributed by atoms with van der Waals surface area (Å²) in [6.07, 6.45) is -1.18. The summed E-state index contributed by atoms with van der Waals surface area (Å²) in [5.41, 5.74) is 0.276. The maximum atomic E-state index is 12.3. The number of nitrogens with one attached hydrogen (secondary N) is 1. The van der Waals surface area contributed by atoms with Crippen molar-refractivity contribution in [2.24, 2.45) is 0 Å². The molecule has 28 heavy (non-hydrogen) atoms. The summed E-state index contributed by atoms with van der Waals surface area (Å²) >= 11 is 0. The maximum absolute atomic E-state index is 12.3. The van der Waals surface area contributed by atoms with E-state index in [-0.39, 0.29) is 35.1 Å². The maximum Gasteiger partial charge on any atom is 0.307 e. The highest BCUT2D eigenvalue weighted by molar-refractivity contribution is 7.89. The van der Waals surface area contributed by atoms with Crippen LogP contribution in [0.15, 0.2) is 29.2 Å². The summed E-state index contributed by atoms with van der Waals surface area (Å²) in [5, 5.41) is 0. The summed E-state index contributed by atoms with van der Waals surface area (Å²) in [6.45, 7) is 4.41. The number of amides is 1. The van der Waals surface area contributed by atoms with Crippen molar-refractivity contribution in [1.29, 1.82) is 0 Å². The molecule has 9 nitrogen and oxygen atoms in total. The van der Waals surface area contributed by atoms with E-state index in [2.05, 4.69) is 4.72 Å². The van der Waals surface area contributed by atoms with Gasteiger partial charge in [-0.15, -0.1) is 0 Å². The Hall–Kier alpha value is -2.30. The Kier molecular flexibility index (Phi) is 7.67. The molecule has 1 aromatic carbocycles. The first kappa shape index (κ1) is 22.0. The van der Waals surface area contributed by atoms with Gasteiger partial charge in [0.1, 0.15) is 0 Å². The van der Waals surface area contributed by atoms with E-state index in [0.717, 1.165) is 0 Å². The van der Waals surface area contributed by atoms with E-state index in [9.17, 15) is 22.8 Å². The van der Waals surface area contributed by atoms with Crippen LogP contribution in [0.1, 0.15) is 30.6 Å². The van der Waals surface area contributed by atoms with Crippen molar-refractivity contribution in [2.45, 2.75) is 31.3 Å². The molecule has 1 heterocycles. The van der Waals surface area contributed by atoms with Gasteiger partial charge in [-0.2, -0.15) is 0 Å². The van der Waals surface area contributed by atoms with E-state index < -0.39 is 22.1 Å². The minimum absolute atomic E-state index is 0.0653. The highest BCUT2D eigenvalue weighted by Gasteiger charge is 2.25. The zero-order chi connectivity index (χ0) is 20.7. The van der Waals surface area contributed by atoms with Crippen LogP contribution in [0.3, 0.4) is 0 Å². The van der Waals surface area contributed by atoms with E-state index >= 15 is 0 Å². The van der Waals surface area contributed by atoms with Crippen molar-refractivity contribution in [3.63, 3.8) is 0 Å². The molecule has 154 valence electrons. The second-order valence-electron chi connectivity index (χ2n) is 6.30. The number of esters is 1. The second kappa shape index (κ2) is 9.76. The highest BCUT2D eigenvalue weighted by atomic mass is 32.2. The van der Waals surface area contributed by atoms with Gasteiger partial charge in [-0.3, -0.25) is 14.4 Å². The molecule has 1 atom stereocenters. The SMILES string of the molecule is CC(=O)c1cccc(S(=O)(=O)NCCC(=O)OC(C)C(=O)N2CCOCC2)c1. The van der Waals surface area contributed by atoms with Crippen molar-refractivity contribution < 1.29 is 32.3 Å². The Balaban J connectivity index is 1.83. The van der Waals surface area contributed by atoms with Crippen LogP contribution < -0.4 is 4.72 Å². The molecule has 0 aromatic heterocycles. The van der Waals surface area contributed by atoms with Crippen LogP contribution in [0.25, 0.3) is 0 Å². The first-order chi connectivity index (χ1) is 13.2. The molecule has 0 saturated carbocycles. The molecule has 1 fully saturated rings. The van der Waals surface area contributed by atoms with E-state index in [0.29, 0.717) is 26.3 Å². The molecule has 1 N–H and O–H groups in total. The van der Waals surface area contributed by atoms with Gasteiger partial charge in [-0.1, -0.05) is 12.1 Å². The predicted molar refractivity (Wildman–Crippen MR) is 99.2 cm³/mol. The fourth-order valence-electron chi connectivity index (χ4n) is 2.60. The number of nitrogens with zero attached hydrogens (tertiary/aromatic N) is 1. The molecule has 1 aromatic rings. The van der Waals surface area contributed by atoms with Gasteiger partial charge >= 0.3 is 5.97 Å². The van der Waals surface area contributed by atoms with E-state index in [4.69, 9.17) is 9.47 Å². The number of ketones is 1. The molecule has 1 saturated heterocycles. The fraction of sp³-hybridized carbons (Fsp3) is 0.500. The lowest BCUT2D eigenvalue weighted by Crippen LogP contribution is -2.46. The predicted octanol–water partition coefficient (Wildman–Crippen LogP) is 0.348. The number of carbonyl (C=O) groups is 3. The third-order valence-electron chi connectivity index (χ3n) is 4.15. The molecule has 0 spiro atoms.